The second-order valence-corrected chi connectivity index (χ2v) is 6.35. The molecule has 0 radical (unpaired) electrons. The third kappa shape index (κ3) is 2.94. The van der Waals surface area contributed by atoms with Gasteiger partial charge in [-0.2, -0.15) is 0 Å². The van der Waals surface area contributed by atoms with Crippen molar-refractivity contribution in [1.29, 1.82) is 0 Å². The maximum Gasteiger partial charge on any atom is 0.220 e. The van der Waals surface area contributed by atoms with Crippen LogP contribution in [0.25, 0.3) is 0 Å². The third-order valence-corrected chi connectivity index (χ3v) is 5.03. The van der Waals surface area contributed by atoms with Gasteiger partial charge in [0.25, 0.3) is 0 Å². The molecule has 3 atom stereocenters. The van der Waals surface area contributed by atoms with Crippen molar-refractivity contribution in [3.8, 4) is 0 Å². The highest BCUT2D eigenvalue weighted by Crippen LogP contribution is 2.44. The molecule has 1 aromatic carbocycles. The van der Waals surface area contributed by atoms with Crippen molar-refractivity contribution >= 4 is 17.5 Å². The van der Waals surface area contributed by atoms with Gasteiger partial charge < -0.3 is 5.32 Å². The fraction of sp³-hybridized carbons (Fsp3) is 0.562. The number of amides is 1. The van der Waals surface area contributed by atoms with E-state index in [4.69, 9.17) is 11.6 Å². The average Bonchev–Trinajstić information content (AvgIpc) is 3.00. The van der Waals surface area contributed by atoms with E-state index in [0.717, 1.165) is 28.8 Å². The van der Waals surface area contributed by atoms with Gasteiger partial charge in [0, 0.05) is 17.5 Å². The second-order valence-electron chi connectivity index (χ2n) is 5.94. The maximum atomic E-state index is 12.0. The largest absolute Gasteiger partial charge is 0.353 e. The Labute approximate surface area is 119 Å². The molecule has 2 aliphatic carbocycles. The van der Waals surface area contributed by atoms with Crippen LogP contribution < -0.4 is 5.32 Å². The van der Waals surface area contributed by atoms with Crippen LogP contribution in [-0.2, 0) is 11.2 Å². The van der Waals surface area contributed by atoms with Crippen molar-refractivity contribution in [2.75, 3.05) is 0 Å². The van der Waals surface area contributed by atoms with Crippen molar-refractivity contribution in [3.05, 3.63) is 34.9 Å². The Bertz CT molecular complexity index is 474. The van der Waals surface area contributed by atoms with E-state index in [1.165, 1.54) is 25.7 Å². The first kappa shape index (κ1) is 13.0. The van der Waals surface area contributed by atoms with Crippen LogP contribution >= 0.6 is 11.6 Å². The van der Waals surface area contributed by atoms with Gasteiger partial charge in [-0.05, 0) is 49.1 Å². The van der Waals surface area contributed by atoms with Crippen LogP contribution in [0.4, 0.5) is 0 Å². The molecule has 0 aliphatic heterocycles. The summed E-state index contributed by atoms with van der Waals surface area (Å²) in [6.07, 6.45) is 6.47. The monoisotopic (exact) mass is 277 g/mol. The van der Waals surface area contributed by atoms with Gasteiger partial charge in [0.1, 0.15) is 0 Å². The van der Waals surface area contributed by atoms with E-state index in [1.807, 2.05) is 24.3 Å². The Kier molecular flexibility index (Phi) is 3.79. The van der Waals surface area contributed by atoms with Crippen LogP contribution in [0, 0.1) is 11.8 Å². The number of nitrogens with one attached hydrogen (secondary N) is 1. The molecule has 2 saturated carbocycles. The number of carbonyl (C=O) groups is 1. The number of fused-ring (bicyclic) bond motifs is 2. The molecule has 0 saturated heterocycles. The first-order chi connectivity index (χ1) is 9.22. The molecular formula is C16H20ClNO. The van der Waals surface area contributed by atoms with Gasteiger partial charge in [-0.15, -0.1) is 0 Å². The lowest BCUT2D eigenvalue weighted by atomic mass is 9.95. The highest BCUT2D eigenvalue weighted by molar-refractivity contribution is 6.31. The zero-order chi connectivity index (χ0) is 13.2. The molecule has 2 bridgehead atoms. The van der Waals surface area contributed by atoms with Gasteiger partial charge >= 0.3 is 0 Å². The first-order valence-electron chi connectivity index (χ1n) is 7.25. The van der Waals surface area contributed by atoms with Crippen molar-refractivity contribution in [2.24, 2.45) is 11.8 Å². The van der Waals surface area contributed by atoms with Gasteiger partial charge in [-0.1, -0.05) is 36.2 Å². The quantitative estimate of drug-likeness (QED) is 0.895. The second kappa shape index (κ2) is 5.54. The molecule has 0 heterocycles. The molecule has 0 spiro atoms. The predicted octanol–water partition coefficient (Wildman–Crippen LogP) is 3.58. The van der Waals surface area contributed by atoms with Gasteiger partial charge in [0.2, 0.25) is 5.91 Å². The van der Waals surface area contributed by atoms with Gasteiger partial charge in [0.05, 0.1) is 0 Å². The number of rotatable bonds is 4. The Morgan fingerprint density at radius 2 is 2.11 bits per heavy atom. The average molecular weight is 278 g/mol. The number of aryl methyl sites for hydroxylation is 1. The molecule has 3 rings (SSSR count). The van der Waals surface area contributed by atoms with Crippen LogP contribution in [0.2, 0.25) is 5.02 Å². The lowest BCUT2D eigenvalue weighted by Gasteiger charge is -2.22. The minimum Gasteiger partial charge on any atom is -0.353 e. The van der Waals surface area contributed by atoms with Crippen LogP contribution in [0.5, 0.6) is 0 Å². The summed E-state index contributed by atoms with van der Waals surface area (Å²) in [6, 6.07) is 8.20. The van der Waals surface area contributed by atoms with E-state index in [2.05, 4.69) is 5.32 Å². The third-order valence-electron chi connectivity index (χ3n) is 4.66. The summed E-state index contributed by atoms with van der Waals surface area (Å²) in [6.45, 7) is 0. The molecular weight excluding hydrogens is 258 g/mol. The number of hydrogen-bond donors (Lipinski definition) is 1. The molecule has 0 aromatic heterocycles. The summed E-state index contributed by atoms with van der Waals surface area (Å²) < 4.78 is 0. The zero-order valence-electron chi connectivity index (χ0n) is 11.1. The van der Waals surface area contributed by atoms with Crippen LogP contribution in [-0.4, -0.2) is 11.9 Å². The van der Waals surface area contributed by atoms with E-state index in [-0.39, 0.29) is 5.91 Å². The van der Waals surface area contributed by atoms with E-state index >= 15 is 0 Å². The summed E-state index contributed by atoms with van der Waals surface area (Å²) in [4.78, 5) is 12.0. The molecule has 2 nitrogen and oxygen atoms in total. The van der Waals surface area contributed by atoms with Crippen LogP contribution in [0.3, 0.4) is 0 Å². The summed E-state index contributed by atoms with van der Waals surface area (Å²) >= 11 is 6.10. The number of carbonyl (C=O) groups excluding carboxylic acids is 1. The molecule has 19 heavy (non-hydrogen) atoms. The Balaban J connectivity index is 1.48. The Morgan fingerprint density at radius 3 is 2.79 bits per heavy atom. The zero-order valence-corrected chi connectivity index (χ0v) is 11.8. The standard InChI is InChI=1S/C16H20ClNO/c17-14-4-2-1-3-12(14)7-8-16(19)18-15-10-11-5-6-13(15)9-11/h1-4,11,13,15H,5-10H2,(H,18,19)/t11-,13-,15+/m1/s1. The van der Waals surface area contributed by atoms with Crippen molar-refractivity contribution < 1.29 is 4.79 Å². The number of halogens is 1. The van der Waals surface area contributed by atoms with E-state index < -0.39 is 0 Å². The molecule has 1 N–H and O–H groups in total. The fourth-order valence-corrected chi connectivity index (χ4v) is 3.88. The van der Waals surface area contributed by atoms with Gasteiger partial charge in [0.15, 0.2) is 0 Å². The van der Waals surface area contributed by atoms with E-state index in [1.54, 1.807) is 0 Å². The first-order valence-corrected chi connectivity index (χ1v) is 7.63. The van der Waals surface area contributed by atoms with Crippen molar-refractivity contribution in [1.82, 2.24) is 5.32 Å². The maximum absolute atomic E-state index is 12.0. The smallest absolute Gasteiger partial charge is 0.220 e. The highest BCUT2D eigenvalue weighted by atomic mass is 35.5. The van der Waals surface area contributed by atoms with Gasteiger partial charge in [-0.3, -0.25) is 4.79 Å². The van der Waals surface area contributed by atoms with E-state index in [9.17, 15) is 4.79 Å². The number of hydrogen-bond acceptors (Lipinski definition) is 1. The molecule has 1 aromatic rings. The topological polar surface area (TPSA) is 29.1 Å². The molecule has 0 unspecified atom stereocenters. The molecule has 1 amide bonds. The molecule has 3 heteroatoms. The predicted molar refractivity (Wildman–Crippen MR) is 77.2 cm³/mol. The number of benzene rings is 1. The van der Waals surface area contributed by atoms with E-state index in [0.29, 0.717) is 12.5 Å². The Hall–Kier alpha value is -1.02. The fourth-order valence-electron chi connectivity index (χ4n) is 3.65. The van der Waals surface area contributed by atoms with Crippen LogP contribution in [0.1, 0.15) is 37.7 Å². The molecule has 2 aliphatic rings. The lowest BCUT2D eigenvalue weighted by molar-refractivity contribution is -0.122. The highest BCUT2D eigenvalue weighted by Gasteiger charge is 2.39. The Morgan fingerprint density at radius 1 is 1.26 bits per heavy atom. The summed E-state index contributed by atoms with van der Waals surface area (Å²) in [5, 5.41) is 3.98. The lowest BCUT2D eigenvalue weighted by Crippen LogP contribution is -2.38. The summed E-state index contributed by atoms with van der Waals surface area (Å²) in [7, 11) is 0. The summed E-state index contributed by atoms with van der Waals surface area (Å²) in [5.74, 6) is 1.80. The SMILES string of the molecule is O=C(CCc1ccccc1Cl)N[C@H]1C[C@@H]2CC[C@@H]1C2. The minimum atomic E-state index is 0.178. The summed E-state index contributed by atoms with van der Waals surface area (Å²) in [5.41, 5.74) is 1.06. The van der Waals surface area contributed by atoms with Crippen molar-refractivity contribution in [3.63, 3.8) is 0 Å². The van der Waals surface area contributed by atoms with Gasteiger partial charge in [-0.25, -0.2) is 0 Å². The minimum absolute atomic E-state index is 0.178. The normalized spacial score (nSPS) is 28.6. The molecule has 2 fully saturated rings. The van der Waals surface area contributed by atoms with Crippen molar-refractivity contribution in [2.45, 2.75) is 44.6 Å². The van der Waals surface area contributed by atoms with Crippen LogP contribution in [0.15, 0.2) is 24.3 Å². The molecule has 102 valence electrons.